The lowest BCUT2D eigenvalue weighted by Gasteiger charge is -2.39. The normalized spacial score (nSPS) is 30.8. The van der Waals surface area contributed by atoms with Gasteiger partial charge in [-0.05, 0) is 26.1 Å². The molecule has 2 unspecified atom stereocenters. The molecular formula is C15H17FN2O2. The van der Waals surface area contributed by atoms with Crippen molar-refractivity contribution in [2.45, 2.75) is 18.8 Å². The maximum atomic E-state index is 14.1. The largest absolute Gasteiger partial charge is 0.306 e. The van der Waals surface area contributed by atoms with Gasteiger partial charge in [-0.25, -0.2) is 4.39 Å². The number of halogens is 1. The van der Waals surface area contributed by atoms with Crippen molar-refractivity contribution in [1.82, 2.24) is 10.2 Å². The summed E-state index contributed by atoms with van der Waals surface area (Å²) >= 11 is 0. The highest BCUT2D eigenvalue weighted by Crippen LogP contribution is 2.48. The third-order valence-electron chi connectivity index (χ3n) is 4.44. The zero-order valence-electron chi connectivity index (χ0n) is 11.4. The van der Waals surface area contributed by atoms with Gasteiger partial charge in [0.1, 0.15) is 5.82 Å². The average molecular weight is 276 g/mol. The molecule has 106 valence electrons. The molecule has 0 aliphatic carbocycles. The molecule has 1 N–H and O–H groups in total. The molecule has 2 atom stereocenters. The Balaban J connectivity index is 2.07. The van der Waals surface area contributed by atoms with Crippen LogP contribution in [0.15, 0.2) is 24.3 Å². The molecule has 5 heteroatoms. The number of nitrogens with zero attached hydrogens (tertiary/aromatic N) is 1. The minimum absolute atomic E-state index is 0.252. The van der Waals surface area contributed by atoms with Crippen LogP contribution in [0.3, 0.4) is 0 Å². The molecule has 3 rings (SSSR count). The van der Waals surface area contributed by atoms with Gasteiger partial charge < -0.3 is 4.90 Å². The van der Waals surface area contributed by atoms with E-state index in [2.05, 4.69) is 10.2 Å². The van der Waals surface area contributed by atoms with Crippen molar-refractivity contribution < 1.29 is 14.0 Å². The molecule has 0 bridgehead atoms. The number of carbonyl (C=O) groups excluding carboxylic acids is 2. The van der Waals surface area contributed by atoms with Gasteiger partial charge in [-0.3, -0.25) is 14.9 Å². The number of hydrogen-bond acceptors (Lipinski definition) is 3. The highest BCUT2D eigenvalue weighted by molar-refractivity contribution is 6.02. The van der Waals surface area contributed by atoms with Crippen LogP contribution in [-0.4, -0.2) is 36.9 Å². The number of nitrogens with one attached hydrogen (secondary N) is 1. The topological polar surface area (TPSA) is 49.4 Å². The number of imide groups is 1. The molecule has 2 saturated heterocycles. The number of benzene rings is 1. The van der Waals surface area contributed by atoms with Crippen molar-refractivity contribution in [3.8, 4) is 0 Å². The summed E-state index contributed by atoms with van der Waals surface area (Å²) in [6, 6.07) is 6.35. The van der Waals surface area contributed by atoms with E-state index in [9.17, 15) is 14.0 Å². The van der Waals surface area contributed by atoms with Gasteiger partial charge in [0.05, 0.1) is 5.92 Å². The molecule has 0 saturated carbocycles. The number of piperidine rings is 1. The summed E-state index contributed by atoms with van der Waals surface area (Å²) in [6.07, 6.45) is 1.02. The number of carbonyl (C=O) groups is 2. The smallest absolute Gasteiger partial charge is 0.234 e. The first-order valence-electron chi connectivity index (χ1n) is 6.78. The highest BCUT2D eigenvalue weighted by atomic mass is 19.1. The SMILES string of the molecule is CN1CCC2(CC(=O)NC(=O)C2c2ccccc2F)C1. The van der Waals surface area contributed by atoms with E-state index in [0.29, 0.717) is 12.1 Å². The van der Waals surface area contributed by atoms with Crippen molar-refractivity contribution in [1.29, 1.82) is 0 Å². The van der Waals surface area contributed by atoms with Crippen LogP contribution in [0.2, 0.25) is 0 Å². The molecule has 20 heavy (non-hydrogen) atoms. The van der Waals surface area contributed by atoms with Crippen LogP contribution in [-0.2, 0) is 9.59 Å². The summed E-state index contributed by atoms with van der Waals surface area (Å²) < 4.78 is 14.1. The van der Waals surface area contributed by atoms with Crippen molar-refractivity contribution in [3.63, 3.8) is 0 Å². The summed E-state index contributed by atoms with van der Waals surface area (Å²) in [4.78, 5) is 26.2. The summed E-state index contributed by atoms with van der Waals surface area (Å²) in [5.41, 5.74) is -0.0797. The molecular weight excluding hydrogens is 259 g/mol. The van der Waals surface area contributed by atoms with Crippen LogP contribution in [0.4, 0.5) is 4.39 Å². The molecule has 2 aliphatic rings. The molecule has 1 spiro atoms. The van der Waals surface area contributed by atoms with Gasteiger partial charge in [-0.1, -0.05) is 18.2 Å². The number of hydrogen-bond donors (Lipinski definition) is 1. The predicted molar refractivity (Wildman–Crippen MR) is 71.5 cm³/mol. The Morgan fingerprint density at radius 1 is 1.35 bits per heavy atom. The third-order valence-corrected chi connectivity index (χ3v) is 4.44. The molecule has 2 aliphatic heterocycles. The van der Waals surface area contributed by atoms with Crippen LogP contribution in [0.5, 0.6) is 0 Å². The Bertz CT molecular complexity index is 575. The van der Waals surface area contributed by atoms with Gasteiger partial charge in [-0.2, -0.15) is 0 Å². The van der Waals surface area contributed by atoms with Gasteiger partial charge in [0.15, 0.2) is 0 Å². The van der Waals surface area contributed by atoms with Crippen molar-refractivity contribution in [2.24, 2.45) is 5.41 Å². The van der Waals surface area contributed by atoms with Gasteiger partial charge in [0, 0.05) is 23.9 Å². The molecule has 0 aromatic heterocycles. The maximum Gasteiger partial charge on any atom is 0.234 e. The second-order valence-corrected chi connectivity index (χ2v) is 5.89. The number of amides is 2. The number of rotatable bonds is 1. The van der Waals surface area contributed by atoms with E-state index in [0.717, 1.165) is 13.0 Å². The third kappa shape index (κ3) is 2.02. The number of likely N-dealkylation sites (tertiary alicyclic amines) is 1. The molecule has 2 heterocycles. The molecule has 2 amide bonds. The Morgan fingerprint density at radius 3 is 2.75 bits per heavy atom. The summed E-state index contributed by atoms with van der Waals surface area (Å²) in [6.45, 7) is 1.47. The van der Waals surface area contributed by atoms with Crippen molar-refractivity contribution in [3.05, 3.63) is 35.6 Å². The Morgan fingerprint density at radius 2 is 2.10 bits per heavy atom. The Kier molecular flexibility index (Phi) is 3.09. The molecule has 1 aromatic rings. The van der Waals surface area contributed by atoms with E-state index >= 15 is 0 Å². The summed E-state index contributed by atoms with van der Waals surface area (Å²) in [5.74, 6) is -1.60. The van der Waals surface area contributed by atoms with E-state index in [1.54, 1.807) is 18.2 Å². The lowest BCUT2D eigenvalue weighted by molar-refractivity contribution is -0.139. The minimum atomic E-state index is -0.591. The van der Waals surface area contributed by atoms with E-state index in [1.165, 1.54) is 6.07 Å². The fourth-order valence-corrected chi connectivity index (χ4v) is 3.62. The predicted octanol–water partition coefficient (Wildman–Crippen LogP) is 1.28. The molecule has 1 aromatic carbocycles. The van der Waals surface area contributed by atoms with Crippen LogP contribution in [0.1, 0.15) is 24.3 Å². The monoisotopic (exact) mass is 276 g/mol. The standard InChI is InChI=1S/C15H17FN2O2/c1-18-7-6-15(9-18)8-12(19)17-14(20)13(15)10-4-2-3-5-11(10)16/h2-5,13H,6-9H2,1H3,(H,17,19,20). The minimum Gasteiger partial charge on any atom is -0.306 e. The molecule has 0 radical (unpaired) electrons. The van der Waals surface area contributed by atoms with Gasteiger partial charge in [0.25, 0.3) is 0 Å². The first-order valence-corrected chi connectivity index (χ1v) is 6.78. The van der Waals surface area contributed by atoms with Crippen LogP contribution < -0.4 is 5.32 Å². The highest BCUT2D eigenvalue weighted by Gasteiger charge is 2.52. The van der Waals surface area contributed by atoms with Gasteiger partial charge in [-0.15, -0.1) is 0 Å². The average Bonchev–Trinajstić information content (AvgIpc) is 2.72. The quantitative estimate of drug-likeness (QED) is 0.786. The molecule has 4 nitrogen and oxygen atoms in total. The summed E-state index contributed by atoms with van der Waals surface area (Å²) in [5, 5.41) is 2.36. The lowest BCUT2D eigenvalue weighted by Crippen LogP contribution is -2.51. The van der Waals surface area contributed by atoms with Crippen LogP contribution >= 0.6 is 0 Å². The van der Waals surface area contributed by atoms with E-state index < -0.39 is 11.3 Å². The zero-order valence-corrected chi connectivity index (χ0v) is 11.4. The van der Waals surface area contributed by atoms with Crippen molar-refractivity contribution in [2.75, 3.05) is 20.1 Å². The molecule has 2 fully saturated rings. The first-order chi connectivity index (χ1) is 9.52. The fraction of sp³-hybridized carbons (Fsp3) is 0.467. The van der Waals surface area contributed by atoms with E-state index in [1.807, 2.05) is 7.05 Å². The van der Waals surface area contributed by atoms with Gasteiger partial charge >= 0.3 is 0 Å². The second kappa shape index (κ2) is 4.66. The van der Waals surface area contributed by atoms with E-state index in [4.69, 9.17) is 0 Å². The summed E-state index contributed by atoms with van der Waals surface area (Å²) in [7, 11) is 1.96. The fourth-order valence-electron chi connectivity index (χ4n) is 3.62. The lowest BCUT2D eigenvalue weighted by atomic mass is 9.66. The van der Waals surface area contributed by atoms with Gasteiger partial charge in [0.2, 0.25) is 11.8 Å². The maximum absolute atomic E-state index is 14.1. The van der Waals surface area contributed by atoms with Crippen LogP contribution in [0.25, 0.3) is 0 Å². The van der Waals surface area contributed by atoms with Crippen molar-refractivity contribution >= 4 is 11.8 Å². The second-order valence-electron chi connectivity index (χ2n) is 5.89. The Hall–Kier alpha value is -1.75. The Labute approximate surface area is 117 Å². The first kappa shape index (κ1) is 13.2. The van der Waals surface area contributed by atoms with Crippen LogP contribution in [0, 0.1) is 11.2 Å². The zero-order chi connectivity index (χ0) is 14.3. The van der Waals surface area contributed by atoms with E-state index in [-0.39, 0.29) is 24.1 Å².